The average Bonchev–Trinajstić information content (AvgIpc) is 2.62. The van der Waals surface area contributed by atoms with Gasteiger partial charge in [0.2, 0.25) is 0 Å². The van der Waals surface area contributed by atoms with Crippen LogP contribution in [0.4, 0.5) is 0 Å². The van der Waals surface area contributed by atoms with Gasteiger partial charge in [-0.15, -0.1) is 0 Å². The summed E-state index contributed by atoms with van der Waals surface area (Å²) in [5.41, 5.74) is 0.539. The Morgan fingerprint density at radius 1 is 1.00 bits per heavy atom. The van der Waals surface area contributed by atoms with Crippen molar-refractivity contribution in [2.45, 2.75) is 51.1 Å². The lowest BCUT2D eigenvalue weighted by atomic mass is 10.1. The molecule has 0 N–H and O–H groups in total. The van der Waals surface area contributed by atoms with Crippen LogP contribution in [-0.4, -0.2) is 38.2 Å². The molecule has 2 saturated heterocycles. The molecule has 0 spiro atoms. The first kappa shape index (κ1) is 16.4. The van der Waals surface area contributed by atoms with Gasteiger partial charge in [0, 0.05) is 13.0 Å². The number of hydrogen-bond acceptors (Lipinski definition) is 5. The number of carbonyl (C=O) groups is 1. The molecule has 1 aromatic rings. The van der Waals surface area contributed by atoms with Gasteiger partial charge in [-0.25, -0.2) is 0 Å². The van der Waals surface area contributed by atoms with E-state index >= 15 is 0 Å². The van der Waals surface area contributed by atoms with Crippen LogP contribution in [0, 0.1) is 0 Å². The summed E-state index contributed by atoms with van der Waals surface area (Å²) in [7, 11) is 0. The van der Waals surface area contributed by atoms with Crippen molar-refractivity contribution in [3.05, 3.63) is 29.8 Å². The number of benzene rings is 1. The number of ether oxygens (including phenoxy) is 4. The molecule has 2 fully saturated rings. The Labute approximate surface area is 136 Å². The topological polar surface area (TPSA) is 54.0 Å². The molecule has 0 aliphatic carbocycles. The molecular formula is C18H24O5. The minimum atomic E-state index is -0.264. The second-order valence-corrected chi connectivity index (χ2v) is 5.94. The van der Waals surface area contributed by atoms with Crippen LogP contribution in [0.15, 0.2) is 24.3 Å². The number of rotatable bonds is 6. The monoisotopic (exact) mass is 320 g/mol. The molecule has 0 bridgehead atoms. The molecule has 0 aromatic heterocycles. The van der Waals surface area contributed by atoms with Crippen molar-refractivity contribution >= 4 is 5.78 Å². The molecule has 2 atom stereocenters. The zero-order valence-electron chi connectivity index (χ0n) is 13.4. The Balaban J connectivity index is 1.58. The SMILES string of the molecule is O=C(COC1CCCCO1)c1ccccc1OC1CCCCO1. The van der Waals surface area contributed by atoms with Gasteiger partial charge in [0.15, 0.2) is 18.4 Å². The second kappa shape index (κ2) is 8.43. The standard InChI is InChI=1S/C18H24O5/c19-15(13-22-17-9-3-5-11-20-17)14-7-1-2-8-16(14)23-18-10-4-6-12-21-18/h1-2,7-8,17-18H,3-6,9-13H2. The van der Waals surface area contributed by atoms with Crippen molar-refractivity contribution in [3.63, 3.8) is 0 Å². The average molecular weight is 320 g/mol. The molecule has 5 heteroatoms. The third kappa shape index (κ3) is 4.77. The van der Waals surface area contributed by atoms with Crippen molar-refractivity contribution < 1.29 is 23.7 Å². The lowest BCUT2D eigenvalue weighted by Crippen LogP contribution is -2.27. The van der Waals surface area contributed by atoms with E-state index in [4.69, 9.17) is 18.9 Å². The van der Waals surface area contributed by atoms with Crippen LogP contribution in [0.2, 0.25) is 0 Å². The predicted octanol–water partition coefficient (Wildman–Crippen LogP) is 3.32. The van der Waals surface area contributed by atoms with Crippen LogP contribution >= 0.6 is 0 Å². The Hall–Kier alpha value is -1.43. The Kier molecular flexibility index (Phi) is 6.02. The molecular weight excluding hydrogens is 296 g/mol. The molecule has 0 amide bonds. The van der Waals surface area contributed by atoms with Crippen LogP contribution in [0.5, 0.6) is 5.75 Å². The van der Waals surface area contributed by atoms with E-state index in [9.17, 15) is 4.79 Å². The van der Waals surface area contributed by atoms with Crippen LogP contribution in [-0.2, 0) is 14.2 Å². The van der Waals surface area contributed by atoms with Crippen molar-refractivity contribution in [1.29, 1.82) is 0 Å². The maximum atomic E-state index is 12.4. The molecule has 0 radical (unpaired) electrons. The Morgan fingerprint density at radius 3 is 2.39 bits per heavy atom. The number of para-hydroxylation sites is 1. The van der Waals surface area contributed by atoms with Gasteiger partial charge in [-0.1, -0.05) is 12.1 Å². The number of hydrogen-bond donors (Lipinski definition) is 0. The van der Waals surface area contributed by atoms with E-state index in [0.29, 0.717) is 24.5 Å². The smallest absolute Gasteiger partial charge is 0.199 e. The molecule has 1 aromatic carbocycles. The maximum absolute atomic E-state index is 12.4. The van der Waals surface area contributed by atoms with E-state index in [0.717, 1.165) is 38.5 Å². The number of Topliss-reactive ketones (excluding diaryl/α,β-unsaturated/α-hetero) is 1. The minimum absolute atomic E-state index is 0.0105. The highest BCUT2D eigenvalue weighted by atomic mass is 16.7. The first-order valence-electron chi connectivity index (χ1n) is 8.46. The van der Waals surface area contributed by atoms with Crippen LogP contribution in [0.3, 0.4) is 0 Å². The minimum Gasteiger partial charge on any atom is -0.464 e. The summed E-state index contributed by atoms with van der Waals surface area (Å²) < 4.78 is 22.5. The van der Waals surface area contributed by atoms with E-state index in [1.165, 1.54) is 0 Å². The maximum Gasteiger partial charge on any atom is 0.199 e. The highest BCUT2D eigenvalue weighted by molar-refractivity contribution is 5.99. The fourth-order valence-electron chi connectivity index (χ4n) is 2.83. The molecule has 2 aliphatic heterocycles. The summed E-state index contributed by atoms with van der Waals surface area (Å²) in [5, 5.41) is 0. The Bertz CT molecular complexity index is 504. The van der Waals surface area contributed by atoms with Gasteiger partial charge in [0.25, 0.3) is 0 Å². The molecule has 3 rings (SSSR count). The molecule has 2 unspecified atom stereocenters. The summed E-state index contributed by atoms with van der Waals surface area (Å²) in [6.07, 6.45) is 5.47. The van der Waals surface area contributed by atoms with Crippen molar-refractivity contribution in [2.24, 2.45) is 0 Å². The fourth-order valence-corrected chi connectivity index (χ4v) is 2.83. The van der Waals surface area contributed by atoms with Crippen LogP contribution in [0.1, 0.15) is 48.9 Å². The molecule has 5 nitrogen and oxygen atoms in total. The van der Waals surface area contributed by atoms with Gasteiger partial charge in [0.1, 0.15) is 12.4 Å². The van der Waals surface area contributed by atoms with E-state index in [1.54, 1.807) is 6.07 Å². The summed E-state index contributed by atoms with van der Waals surface area (Å²) in [4.78, 5) is 12.4. The summed E-state index contributed by atoms with van der Waals surface area (Å²) in [5.74, 6) is 0.475. The molecule has 2 heterocycles. The highest BCUT2D eigenvalue weighted by Gasteiger charge is 2.21. The normalized spacial score (nSPS) is 25.0. The number of carbonyl (C=O) groups excluding carboxylic acids is 1. The zero-order chi connectivity index (χ0) is 15.9. The zero-order valence-corrected chi connectivity index (χ0v) is 13.4. The van der Waals surface area contributed by atoms with Gasteiger partial charge in [-0.05, 0) is 44.2 Å². The van der Waals surface area contributed by atoms with E-state index < -0.39 is 0 Å². The largest absolute Gasteiger partial charge is 0.464 e. The van der Waals surface area contributed by atoms with E-state index in [1.807, 2.05) is 18.2 Å². The van der Waals surface area contributed by atoms with Crippen molar-refractivity contribution in [2.75, 3.05) is 19.8 Å². The first-order chi connectivity index (χ1) is 11.3. The number of ketones is 1. The summed E-state index contributed by atoms with van der Waals surface area (Å²) in [6, 6.07) is 7.27. The summed E-state index contributed by atoms with van der Waals surface area (Å²) in [6.45, 7) is 1.43. The lowest BCUT2D eigenvalue weighted by Gasteiger charge is -2.25. The quantitative estimate of drug-likeness (QED) is 0.753. The lowest BCUT2D eigenvalue weighted by molar-refractivity contribution is -0.155. The van der Waals surface area contributed by atoms with Crippen LogP contribution in [0.25, 0.3) is 0 Å². The fraction of sp³-hybridized carbons (Fsp3) is 0.611. The summed E-state index contributed by atoms with van der Waals surface area (Å²) >= 11 is 0. The second-order valence-electron chi connectivity index (χ2n) is 5.94. The highest BCUT2D eigenvalue weighted by Crippen LogP contribution is 2.24. The third-order valence-electron chi connectivity index (χ3n) is 4.12. The first-order valence-corrected chi connectivity index (χ1v) is 8.46. The van der Waals surface area contributed by atoms with Gasteiger partial charge in [0.05, 0.1) is 12.2 Å². The molecule has 23 heavy (non-hydrogen) atoms. The van der Waals surface area contributed by atoms with Crippen molar-refractivity contribution in [1.82, 2.24) is 0 Å². The van der Waals surface area contributed by atoms with E-state index in [2.05, 4.69) is 0 Å². The van der Waals surface area contributed by atoms with Gasteiger partial charge in [-0.2, -0.15) is 0 Å². The third-order valence-corrected chi connectivity index (χ3v) is 4.12. The van der Waals surface area contributed by atoms with Gasteiger partial charge >= 0.3 is 0 Å². The van der Waals surface area contributed by atoms with Gasteiger partial charge in [-0.3, -0.25) is 4.79 Å². The molecule has 2 aliphatic rings. The predicted molar refractivity (Wildman–Crippen MR) is 84.5 cm³/mol. The van der Waals surface area contributed by atoms with Crippen LogP contribution < -0.4 is 4.74 Å². The van der Waals surface area contributed by atoms with Gasteiger partial charge < -0.3 is 18.9 Å². The molecule has 126 valence electrons. The van der Waals surface area contributed by atoms with E-state index in [-0.39, 0.29) is 25.0 Å². The Morgan fingerprint density at radius 2 is 1.70 bits per heavy atom. The molecule has 0 saturated carbocycles. The van der Waals surface area contributed by atoms with Crippen molar-refractivity contribution in [3.8, 4) is 5.75 Å².